The molecule has 0 atom stereocenters. The van der Waals surface area contributed by atoms with Crippen LogP contribution in [0.2, 0.25) is 0 Å². The highest BCUT2D eigenvalue weighted by Crippen LogP contribution is 2.34. The summed E-state index contributed by atoms with van der Waals surface area (Å²) in [4.78, 5) is 57.7. The van der Waals surface area contributed by atoms with Crippen molar-refractivity contribution in [2.75, 3.05) is 11.1 Å². The number of carbonyl (C=O) groups excluding carboxylic acids is 4. The summed E-state index contributed by atoms with van der Waals surface area (Å²) >= 11 is 1.28. The fraction of sp³-hybridized carbons (Fsp3) is 0.295. The Morgan fingerprint density at radius 1 is 0.864 bits per heavy atom. The van der Waals surface area contributed by atoms with Gasteiger partial charge >= 0.3 is 6.03 Å². The minimum absolute atomic E-state index is 0.0750. The number of benzene rings is 3. The maximum Gasteiger partial charge on any atom is 0.333 e. The Hall–Kier alpha value is -6.48. The molecule has 0 spiro atoms. The van der Waals surface area contributed by atoms with E-state index in [1.54, 1.807) is 36.4 Å². The maximum absolute atomic E-state index is 13.7. The van der Waals surface area contributed by atoms with Crippen molar-refractivity contribution in [2.24, 2.45) is 0 Å². The SMILES string of the molecule is CCc1ccc(NC(=O)CSc2nnc(CNC(=O)c3ccc(C)c(-c4cccc5c(C(=O)NNC(=O)NC6CCCCC6)cc(-c6ccco6)nc45)c3)n2CC)cc1. The van der Waals surface area contributed by atoms with Crippen LogP contribution in [0.4, 0.5) is 10.5 Å². The van der Waals surface area contributed by atoms with Gasteiger partial charge in [-0.1, -0.05) is 74.3 Å². The number of hydrogen-bond donors (Lipinski definition) is 5. The number of urea groups is 1. The van der Waals surface area contributed by atoms with E-state index in [-0.39, 0.29) is 35.7 Å². The molecule has 1 aliphatic rings. The lowest BCUT2D eigenvalue weighted by Crippen LogP contribution is -2.50. The smallest absolute Gasteiger partial charge is 0.333 e. The van der Waals surface area contributed by atoms with E-state index in [0.717, 1.165) is 55.3 Å². The second-order valence-corrected chi connectivity index (χ2v) is 15.3. The summed E-state index contributed by atoms with van der Waals surface area (Å²) in [7, 11) is 0. The average Bonchev–Trinajstić information content (AvgIpc) is 3.95. The Balaban J connectivity index is 1.07. The predicted molar refractivity (Wildman–Crippen MR) is 228 cm³/mol. The van der Waals surface area contributed by atoms with Gasteiger partial charge in [0.05, 0.1) is 29.6 Å². The van der Waals surface area contributed by atoms with Gasteiger partial charge in [0.2, 0.25) is 5.91 Å². The fourth-order valence-corrected chi connectivity index (χ4v) is 8.01. The highest BCUT2D eigenvalue weighted by molar-refractivity contribution is 7.99. The van der Waals surface area contributed by atoms with E-state index in [1.807, 2.05) is 60.9 Å². The van der Waals surface area contributed by atoms with Crippen LogP contribution < -0.4 is 26.8 Å². The first-order chi connectivity index (χ1) is 28.7. The van der Waals surface area contributed by atoms with Crippen LogP contribution in [0.1, 0.15) is 83.6 Å². The fourth-order valence-electron chi connectivity index (χ4n) is 7.19. The van der Waals surface area contributed by atoms with Gasteiger partial charge in [0.25, 0.3) is 11.8 Å². The van der Waals surface area contributed by atoms with Crippen LogP contribution in [0, 0.1) is 6.92 Å². The van der Waals surface area contributed by atoms with E-state index in [0.29, 0.717) is 51.0 Å². The van der Waals surface area contributed by atoms with Gasteiger partial charge in [-0.2, -0.15) is 0 Å². The third kappa shape index (κ3) is 9.80. The number of nitrogens with zero attached hydrogens (tertiary/aromatic N) is 4. The van der Waals surface area contributed by atoms with Crippen molar-refractivity contribution in [2.45, 2.75) is 83.6 Å². The van der Waals surface area contributed by atoms with Crippen molar-refractivity contribution in [1.82, 2.24) is 41.2 Å². The number of para-hydroxylation sites is 1. The van der Waals surface area contributed by atoms with Crippen LogP contribution in [-0.2, 0) is 24.3 Å². The summed E-state index contributed by atoms with van der Waals surface area (Å²) < 4.78 is 7.56. The van der Waals surface area contributed by atoms with Crippen LogP contribution in [0.5, 0.6) is 0 Å². The zero-order chi connectivity index (χ0) is 41.3. The van der Waals surface area contributed by atoms with Crippen molar-refractivity contribution >= 4 is 52.1 Å². The molecular formula is C44H47N9O5S. The molecule has 3 aromatic carbocycles. The third-order valence-electron chi connectivity index (χ3n) is 10.4. The third-order valence-corrected chi connectivity index (χ3v) is 11.3. The molecule has 0 saturated heterocycles. The predicted octanol–water partition coefficient (Wildman–Crippen LogP) is 7.58. The molecule has 5 amide bonds. The first-order valence-corrected chi connectivity index (χ1v) is 20.9. The Bertz CT molecular complexity index is 2460. The molecule has 0 unspecified atom stereocenters. The molecule has 1 aliphatic carbocycles. The van der Waals surface area contributed by atoms with Gasteiger partial charge in [0, 0.05) is 34.8 Å². The lowest BCUT2D eigenvalue weighted by Gasteiger charge is -2.23. The number of carbonyl (C=O) groups is 4. The number of hydrazine groups is 1. The number of pyridine rings is 1. The minimum Gasteiger partial charge on any atom is -0.463 e. The van der Waals surface area contributed by atoms with E-state index in [9.17, 15) is 19.2 Å². The van der Waals surface area contributed by atoms with Gasteiger partial charge < -0.3 is 24.9 Å². The Labute approximate surface area is 346 Å². The minimum atomic E-state index is -0.520. The molecular weight excluding hydrogens is 767 g/mol. The number of amides is 5. The number of nitrogens with one attached hydrogen (secondary N) is 5. The highest BCUT2D eigenvalue weighted by Gasteiger charge is 2.22. The summed E-state index contributed by atoms with van der Waals surface area (Å²) in [6, 6.07) is 23.5. The maximum atomic E-state index is 13.7. The molecule has 3 aromatic heterocycles. The first kappa shape index (κ1) is 40.7. The second-order valence-electron chi connectivity index (χ2n) is 14.4. The van der Waals surface area contributed by atoms with Crippen molar-refractivity contribution in [3.8, 4) is 22.6 Å². The Morgan fingerprint density at radius 2 is 1.68 bits per heavy atom. The van der Waals surface area contributed by atoms with Crippen LogP contribution in [0.25, 0.3) is 33.5 Å². The van der Waals surface area contributed by atoms with Gasteiger partial charge in [-0.05, 0) is 92.3 Å². The summed E-state index contributed by atoms with van der Waals surface area (Å²) in [5.74, 6) is 0.181. The topological polar surface area (TPSA) is 185 Å². The van der Waals surface area contributed by atoms with Crippen LogP contribution in [0.3, 0.4) is 0 Å². The van der Waals surface area contributed by atoms with Gasteiger partial charge in [0.1, 0.15) is 5.69 Å². The Morgan fingerprint density at radius 3 is 2.42 bits per heavy atom. The Kier molecular flexibility index (Phi) is 13.0. The van der Waals surface area contributed by atoms with Gasteiger partial charge in [-0.3, -0.25) is 19.8 Å². The lowest BCUT2D eigenvalue weighted by atomic mass is 9.94. The normalized spacial score (nSPS) is 12.9. The molecule has 0 radical (unpaired) electrons. The van der Waals surface area contributed by atoms with Crippen LogP contribution >= 0.6 is 11.8 Å². The zero-order valence-electron chi connectivity index (χ0n) is 33.3. The number of fused-ring (bicyclic) bond motifs is 1. The van der Waals surface area contributed by atoms with E-state index in [2.05, 4.69) is 43.9 Å². The van der Waals surface area contributed by atoms with Gasteiger partial charge in [-0.15, -0.1) is 10.2 Å². The quantitative estimate of drug-likeness (QED) is 0.0579. The van der Waals surface area contributed by atoms with E-state index in [1.165, 1.54) is 23.6 Å². The molecule has 5 N–H and O–H groups in total. The monoisotopic (exact) mass is 813 g/mol. The number of furan rings is 1. The summed E-state index contributed by atoms with van der Waals surface area (Å²) in [6.45, 7) is 6.65. The zero-order valence-corrected chi connectivity index (χ0v) is 34.1. The molecule has 1 saturated carbocycles. The van der Waals surface area contributed by atoms with Crippen LogP contribution in [0.15, 0.2) is 94.7 Å². The molecule has 59 heavy (non-hydrogen) atoms. The van der Waals surface area contributed by atoms with Crippen molar-refractivity contribution < 1.29 is 23.6 Å². The number of anilines is 1. The van der Waals surface area contributed by atoms with E-state index in [4.69, 9.17) is 9.40 Å². The molecule has 6 aromatic rings. The summed E-state index contributed by atoms with van der Waals surface area (Å²) in [6.07, 6.45) is 7.57. The average molecular weight is 814 g/mol. The lowest BCUT2D eigenvalue weighted by molar-refractivity contribution is -0.113. The molecule has 15 heteroatoms. The van der Waals surface area contributed by atoms with Crippen molar-refractivity contribution in [3.05, 3.63) is 113 Å². The first-order valence-electron chi connectivity index (χ1n) is 19.9. The number of hydrogen-bond acceptors (Lipinski definition) is 9. The molecule has 304 valence electrons. The van der Waals surface area contributed by atoms with Crippen molar-refractivity contribution in [1.29, 1.82) is 0 Å². The molecule has 1 fully saturated rings. The highest BCUT2D eigenvalue weighted by atomic mass is 32.2. The number of aromatic nitrogens is 4. The molecule has 3 heterocycles. The summed E-state index contributed by atoms with van der Waals surface area (Å²) in [5.41, 5.74) is 11.0. The van der Waals surface area contributed by atoms with E-state index >= 15 is 0 Å². The van der Waals surface area contributed by atoms with Crippen LogP contribution in [-0.4, -0.2) is 55.3 Å². The largest absolute Gasteiger partial charge is 0.463 e. The number of aryl methyl sites for hydroxylation is 2. The number of rotatable bonds is 13. The molecule has 0 aliphatic heterocycles. The number of thioether (sulfide) groups is 1. The molecule has 14 nitrogen and oxygen atoms in total. The molecule has 0 bridgehead atoms. The van der Waals surface area contributed by atoms with Gasteiger partial charge in [0.15, 0.2) is 16.7 Å². The van der Waals surface area contributed by atoms with Crippen molar-refractivity contribution in [3.63, 3.8) is 0 Å². The second kappa shape index (κ2) is 18.9. The summed E-state index contributed by atoms with van der Waals surface area (Å²) in [5, 5.41) is 18.6. The standard InChI is InChI=1S/C44H47N9O5S/c1-4-28-17-20-31(21-18-28)46-39(54)26-59-44-52-49-38(53(44)5-2)25-45-41(55)29-19-16-27(3)34(23-29)32-13-9-14-33-35(24-36(48-40(32)33)37-15-10-22-58-37)42(56)50-51-43(57)47-30-11-7-6-8-12-30/h9-10,13-24,30H,4-8,11-12,25-26H2,1-3H3,(H,45,55)(H,46,54)(H,50,56)(H2,47,51,57). The molecule has 7 rings (SSSR count). The van der Waals surface area contributed by atoms with Gasteiger partial charge in [-0.25, -0.2) is 15.2 Å². The van der Waals surface area contributed by atoms with E-state index < -0.39 is 11.9 Å².